The third kappa shape index (κ3) is 2.53. The van der Waals surface area contributed by atoms with Gasteiger partial charge in [-0.05, 0) is 6.92 Å². The summed E-state index contributed by atoms with van der Waals surface area (Å²) in [5.41, 5.74) is 0. The molecule has 0 aromatic heterocycles. The molecule has 0 amide bonds. The van der Waals surface area contributed by atoms with Crippen molar-refractivity contribution in [3.63, 3.8) is 0 Å². The first kappa shape index (κ1) is 12.1. The van der Waals surface area contributed by atoms with E-state index in [2.05, 4.69) is 13.2 Å². The van der Waals surface area contributed by atoms with Crippen LogP contribution >= 0.6 is 0 Å². The van der Waals surface area contributed by atoms with Gasteiger partial charge in [-0.15, -0.1) is 0 Å². The maximum atomic E-state index is 11.1. The summed E-state index contributed by atoms with van der Waals surface area (Å²) in [6, 6.07) is 0. The summed E-state index contributed by atoms with van der Waals surface area (Å²) < 4.78 is 43.8. The smallest absolute Gasteiger partial charge is 0.210 e. The molecule has 0 fully saturated rings. The van der Waals surface area contributed by atoms with Gasteiger partial charge in [0, 0.05) is 10.8 Å². The minimum Gasteiger partial charge on any atom is -0.218 e. The minimum atomic E-state index is -3.91. The van der Waals surface area contributed by atoms with Crippen LogP contribution in [0.4, 0.5) is 0 Å². The molecular formula is C7H10O4S2. The van der Waals surface area contributed by atoms with Crippen LogP contribution in [0, 0.1) is 0 Å². The molecule has 0 aliphatic rings. The predicted octanol–water partition coefficient (Wildman–Crippen LogP) is 0.964. The van der Waals surface area contributed by atoms with Gasteiger partial charge in [0.05, 0.1) is 0 Å². The monoisotopic (exact) mass is 222 g/mol. The van der Waals surface area contributed by atoms with Crippen molar-refractivity contribution in [2.24, 2.45) is 0 Å². The van der Waals surface area contributed by atoms with Crippen LogP contribution in [0.5, 0.6) is 0 Å². The molecule has 0 saturated carbocycles. The highest BCUT2D eigenvalue weighted by Gasteiger charge is 2.24. The Labute approximate surface area is 78.1 Å². The molecule has 13 heavy (non-hydrogen) atoms. The second kappa shape index (κ2) is 3.89. The zero-order valence-electron chi connectivity index (χ0n) is 7.10. The summed E-state index contributed by atoms with van der Waals surface area (Å²) in [6.45, 7) is 7.36. The van der Waals surface area contributed by atoms with Crippen molar-refractivity contribution in [2.75, 3.05) is 0 Å². The molecule has 0 rings (SSSR count). The number of rotatable bonds is 4. The van der Waals surface area contributed by atoms with E-state index in [0.29, 0.717) is 10.8 Å². The molecule has 0 N–H and O–H groups in total. The lowest BCUT2D eigenvalue weighted by Gasteiger charge is -2.01. The molecule has 0 radical (unpaired) electrons. The molecule has 0 aromatic carbocycles. The first-order chi connectivity index (χ1) is 5.81. The van der Waals surface area contributed by atoms with Crippen molar-refractivity contribution in [1.82, 2.24) is 0 Å². The van der Waals surface area contributed by atoms with Gasteiger partial charge in [0.15, 0.2) is 4.24 Å². The highest BCUT2D eigenvalue weighted by atomic mass is 32.3. The van der Waals surface area contributed by atoms with Gasteiger partial charge in [0.1, 0.15) is 0 Å². The van der Waals surface area contributed by atoms with Crippen LogP contribution in [0.25, 0.3) is 0 Å². The highest BCUT2D eigenvalue weighted by Crippen LogP contribution is 2.17. The van der Waals surface area contributed by atoms with Gasteiger partial charge in [-0.25, -0.2) is 16.8 Å². The van der Waals surface area contributed by atoms with Crippen LogP contribution in [-0.2, 0) is 19.7 Å². The van der Waals surface area contributed by atoms with Gasteiger partial charge >= 0.3 is 0 Å². The molecule has 0 saturated heterocycles. The number of hydrogen-bond donors (Lipinski definition) is 0. The first-order valence-electron chi connectivity index (χ1n) is 3.23. The average Bonchev–Trinajstić information content (AvgIpc) is 2.05. The number of sulfone groups is 2. The molecule has 74 valence electrons. The summed E-state index contributed by atoms with van der Waals surface area (Å²) in [4.78, 5) is 0. The zero-order valence-corrected chi connectivity index (χ0v) is 8.73. The van der Waals surface area contributed by atoms with Crippen LogP contribution in [-0.4, -0.2) is 16.8 Å². The Morgan fingerprint density at radius 3 is 1.46 bits per heavy atom. The summed E-state index contributed by atoms with van der Waals surface area (Å²) in [5.74, 6) is 0. The summed E-state index contributed by atoms with van der Waals surface area (Å²) in [5, 5.41) is 1.17. The highest BCUT2D eigenvalue weighted by molar-refractivity contribution is 8.16. The SMILES string of the molecule is C=CS(=O)(=O)C(=CC)S(=O)(=O)C=C. The van der Waals surface area contributed by atoms with Gasteiger partial charge in [-0.1, -0.05) is 19.2 Å². The summed E-state index contributed by atoms with van der Waals surface area (Å²) in [7, 11) is -7.83. The second-order valence-corrected chi connectivity index (χ2v) is 6.02. The Kier molecular flexibility index (Phi) is 3.62. The van der Waals surface area contributed by atoms with Crippen LogP contribution in [0.2, 0.25) is 0 Å². The first-order valence-corrected chi connectivity index (χ1v) is 6.32. The fraction of sp³-hybridized carbons (Fsp3) is 0.143. The molecule has 6 heteroatoms. The lowest BCUT2D eigenvalue weighted by atomic mass is 10.8. The summed E-state index contributed by atoms with van der Waals surface area (Å²) in [6.07, 6.45) is 0.994. The molecule has 4 nitrogen and oxygen atoms in total. The standard InChI is InChI=1S/C7H10O4S2/c1-4-7(12(8,9)5-2)13(10,11)6-3/h4-6H,2-3H2,1H3. The zero-order chi connectivity index (χ0) is 10.7. The van der Waals surface area contributed by atoms with E-state index in [1.165, 1.54) is 6.92 Å². The Balaban J connectivity index is 5.75. The lowest BCUT2D eigenvalue weighted by molar-refractivity contribution is 0.604. The van der Waals surface area contributed by atoms with Crippen LogP contribution in [0.15, 0.2) is 34.3 Å². The summed E-state index contributed by atoms with van der Waals surface area (Å²) >= 11 is 0. The van der Waals surface area contributed by atoms with E-state index in [0.717, 1.165) is 6.08 Å². The molecule has 0 spiro atoms. The molecule has 0 bridgehead atoms. The maximum absolute atomic E-state index is 11.1. The van der Waals surface area contributed by atoms with Crippen molar-refractivity contribution in [3.8, 4) is 0 Å². The third-order valence-corrected chi connectivity index (χ3v) is 5.10. The maximum Gasteiger partial charge on any atom is 0.210 e. The van der Waals surface area contributed by atoms with Crippen LogP contribution in [0.1, 0.15) is 6.92 Å². The third-order valence-electron chi connectivity index (χ3n) is 1.24. The topological polar surface area (TPSA) is 68.3 Å². The Hall–Kier alpha value is -0.880. The number of hydrogen-bond acceptors (Lipinski definition) is 4. The van der Waals surface area contributed by atoms with Crippen LogP contribution in [0.3, 0.4) is 0 Å². The van der Waals surface area contributed by atoms with Crippen molar-refractivity contribution >= 4 is 19.7 Å². The van der Waals surface area contributed by atoms with Gasteiger partial charge in [-0.3, -0.25) is 0 Å². The Bertz CT molecular complexity index is 397. The van der Waals surface area contributed by atoms with E-state index < -0.39 is 23.9 Å². The molecule has 0 atom stereocenters. The molecule has 0 heterocycles. The molecule has 0 aromatic rings. The van der Waals surface area contributed by atoms with E-state index in [1.54, 1.807) is 0 Å². The molecule has 0 aliphatic carbocycles. The fourth-order valence-electron chi connectivity index (χ4n) is 0.655. The van der Waals surface area contributed by atoms with Crippen molar-refractivity contribution < 1.29 is 16.8 Å². The van der Waals surface area contributed by atoms with Crippen molar-refractivity contribution in [2.45, 2.75) is 6.92 Å². The molecule has 0 aliphatic heterocycles. The van der Waals surface area contributed by atoms with E-state index in [-0.39, 0.29) is 0 Å². The van der Waals surface area contributed by atoms with Gasteiger partial charge in [0.25, 0.3) is 0 Å². The largest absolute Gasteiger partial charge is 0.218 e. The van der Waals surface area contributed by atoms with Crippen molar-refractivity contribution in [3.05, 3.63) is 34.3 Å². The van der Waals surface area contributed by atoms with E-state index in [1.807, 2.05) is 0 Å². The van der Waals surface area contributed by atoms with E-state index >= 15 is 0 Å². The molecule has 0 unspecified atom stereocenters. The van der Waals surface area contributed by atoms with Gasteiger partial charge in [-0.2, -0.15) is 0 Å². The lowest BCUT2D eigenvalue weighted by Crippen LogP contribution is -2.09. The van der Waals surface area contributed by atoms with Gasteiger partial charge in [0.2, 0.25) is 19.7 Å². The average molecular weight is 222 g/mol. The fourth-order valence-corrected chi connectivity index (χ4v) is 3.34. The Morgan fingerprint density at radius 1 is 1.00 bits per heavy atom. The number of allylic oxidation sites excluding steroid dienone is 1. The van der Waals surface area contributed by atoms with E-state index in [9.17, 15) is 16.8 Å². The molecular weight excluding hydrogens is 212 g/mol. The van der Waals surface area contributed by atoms with Crippen molar-refractivity contribution in [1.29, 1.82) is 0 Å². The van der Waals surface area contributed by atoms with Gasteiger partial charge < -0.3 is 0 Å². The minimum absolute atomic E-state index is 0.587. The second-order valence-electron chi connectivity index (χ2n) is 2.03. The Morgan fingerprint density at radius 2 is 1.31 bits per heavy atom. The normalized spacial score (nSPS) is 11.8. The van der Waals surface area contributed by atoms with Crippen LogP contribution < -0.4 is 0 Å². The van der Waals surface area contributed by atoms with E-state index in [4.69, 9.17) is 0 Å². The predicted molar refractivity (Wildman–Crippen MR) is 52.0 cm³/mol. The quantitative estimate of drug-likeness (QED) is 0.710.